The Morgan fingerprint density at radius 2 is 1.57 bits per heavy atom. The smallest absolute Gasteiger partial charge is 0.199 e. The summed E-state index contributed by atoms with van der Waals surface area (Å²) >= 11 is 12.4. The maximum atomic E-state index is 6.50. The summed E-state index contributed by atoms with van der Waals surface area (Å²) in [6.07, 6.45) is 1.81. The molecule has 5 rings (SSSR count). The van der Waals surface area contributed by atoms with Crippen molar-refractivity contribution in [2.75, 3.05) is 0 Å². The molecule has 0 fully saturated rings. The topological polar surface area (TPSA) is 32.0 Å². The molecule has 6 heteroatoms. The summed E-state index contributed by atoms with van der Waals surface area (Å²) in [5.41, 5.74) is 2.86. The Balaban J connectivity index is 1.78. The van der Waals surface area contributed by atoms with Crippen molar-refractivity contribution in [2.45, 2.75) is 12.6 Å². The molecule has 0 amide bonds. The molecule has 30 heavy (non-hydrogen) atoms. The highest BCUT2D eigenvalue weighted by Crippen LogP contribution is 2.44. The first-order valence-electron chi connectivity index (χ1n) is 9.60. The standard InChI is InChI=1S/C24H18ClN3OS/c1-2-15-27-23(16-9-3-6-12-19(16)25)26-28(24(27)30)22-17-10-4-7-13-20(17)29-21-14-8-5-11-18(21)22/h2-14,22H,1,15H2. The Hall–Kier alpha value is -3.15. The Bertz CT molecular complexity index is 1280. The molecule has 4 nitrogen and oxygen atoms in total. The van der Waals surface area contributed by atoms with Crippen LogP contribution in [0.25, 0.3) is 11.4 Å². The number of halogens is 1. The molecule has 2 heterocycles. The quantitative estimate of drug-likeness (QED) is 0.235. The second-order valence-electron chi connectivity index (χ2n) is 7.01. The molecule has 0 aliphatic carbocycles. The number of para-hydroxylation sites is 2. The number of hydrogen-bond donors (Lipinski definition) is 0. The number of hydrogen-bond acceptors (Lipinski definition) is 3. The monoisotopic (exact) mass is 431 g/mol. The van der Waals surface area contributed by atoms with Gasteiger partial charge in [-0.3, -0.25) is 4.57 Å². The number of benzene rings is 3. The van der Waals surface area contributed by atoms with Crippen LogP contribution in [0.15, 0.2) is 85.5 Å². The second kappa shape index (κ2) is 7.59. The molecule has 0 radical (unpaired) electrons. The highest BCUT2D eigenvalue weighted by Gasteiger charge is 2.31. The fourth-order valence-electron chi connectivity index (χ4n) is 3.86. The van der Waals surface area contributed by atoms with Crippen LogP contribution in [0.2, 0.25) is 5.02 Å². The fourth-order valence-corrected chi connectivity index (χ4v) is 4.39. The molecule has 0 bridgehead atoms. The third-order valence-electron chi connectivity index (χ3n) is 5.20. The molecule has 1 aromatic heterocycles. The lowest BCUT2D eigenvalue weighted by molar-refractivity contribution is 0.423. The van der Waals surface area contributed by atoms with Crippen LogP contribution in [-0.4, -0.2) is 14.3 Å². The zero-order valence-corrected chi connectivity index (χ0v) is 17.6. The van der Waals surface area contributed by atoms with Crippen molar-refractivity contribution in [3.8, 4) is 22.9 Å². The van der Waals surface area contributed by atoms with Crippen molar-refractivity contribution < 1.29 is 4.74 Å². The van der Waals surface area contributed by atoms with Crippen LogP contribution in [0.3, 0.4) is 0 Å². The fraction of sp³-hybridized carbons (Fsp3) is 0.0833. The van der Waals surface area contributed by atoms with Gasteiger partial charge < -0.3 is 4.74 Å². The SMILES string of the molecule is C=CCn1c(-c2ccccc2Cl)nn(C2c3ccccc3Oc3ccccc32)c1=S. The molecule has 3 aromatic carbocycles. The summed E-state index contributed by atoms with van der Waals surface area (Å²) in [5, 5.41) is 5.60. The van der Waals surface area contributed by atoms with E-state index in [1.807, 2.05) is 76.0 Å². The van der Waals surface area contributed by atoms with Crippen molar-refractivity contribution in [1.29, 1.82) is 0 Å². The van der Waals surface area contributed by atoms with Crippen LogP contribution in [0.5, 0.6) is 11.5 Å². The van der Waals surface area contributed by atoms with Crippen LogP contribution in [0, 0.1) is 4.77 Å². The van der Waals surface area contributed by atoms with Gasteiger partial charge in [-0.15, -0.1) is 6.58 Å². The van der Waals surface area contributed by atoms with Gasteiger partial charge in [0.15, 0.2) is 10.6 Å². The molecule has 1 aliphatic heterocycles. The van der Waals surface area contributed by atoms with E-state index in [1.165, 1.54) is 0 Å². The van der Waals surface area contributed by atoms with Crippen LogP contribution in [0.1, 0.15) is 17.2 Å². The van der Waals surface area contributed by atoms with E-state index in [-0.39, 0.29) is 6.04 Å². The largest absolute Gasteiger partial charge is 0.457 e. The lowest BCUT2D eigenvalue weighted by atomic mass is 9.95. The Morgan fingerprint density at radius 3 is 2.20 bits per heavy atom. The van der Waals surface area contributed by atoms with Crippen molar-refractivity contribution in [3.05, 3.63) is 106 Å². The normalized spacial score (nSPS) is 12.7. The molecule has 1 aliphatic rings. The summed E-state index contributed by atoms with van der Waals surface area (Å²) in [4.78, 5) is 0. The van der Waals surface area contributed by atoms with E-state index >= 15 is 0 Å². The predicted molar refractivity (Wildman–Crippen MR) is 122 cm³/mol. The molecule has 0 saturated heterocycles. The average molecular weight is 432 g/mol. The molecule has 148 valence electrons. The van der Waals surface area contributed by atoms with E-state index < -0.39 is 0 Å². The third-order valence-corrected chi connectivity index (χ3v) is 5.94. The lowest BCUT2D eigenvalue weighted by Crippen LogP contribution is -2.19. The minimum absolute atomic E-state index is 0.203. The first-order valence-corrected chi connectivity index (χ1v) is 10.4. The second-order valence-corrected chi connectivity index (χ2v) is 7.78. The van der Waals surface area contributed by atoms with Crippen LogP contribution >= 0.6 is 23.8 Å². The molecular formula is C24H18ClN3OS. The predicted octanol–water partition coefficient (Wildman–Crippen LogP) is 6.66. The van der Waals surface area contributed by atoms with Gasteiger partial charge in [0.2, 0.25) is 0 Å². The summed E-state index contributed by atoms with van der Waals surface area (Å²) in [7, 11) is 0. The number of aromatic nitrogens is 3. The van der Waals surface area contributed by atoms with Gasteiger partial charge in [-0.25, -0.2) is 4.68 Å². The first-order chi connectivity index (χ1) is 14.7. The average Bonchev–Trinajstić information content (AvgIpc) is 3.08. The highest BCUT2D eigenvalue weighted by molar-refractivity contribution is 7.71. The first kappa shape index (κ1) is 18.9. The van der Waals surface area contributed by atoms with Crippen LogP contribution in [0.4, 0.5) is 0 Å². The van der Waals surface area contributed by atoms with Crippen molar-refractivity contribution >= 4 is 23.8 Å². The van der Waals surface area contributed by atoms with Crippen molar-refractivity contribution in [2.24, 2.45) is 0 Å². The van der Waals surface area contributed by atoms with E-state index in [1.54, 1.807) is 0 Å². The maximum absolute atomic E-state index is 6.50. The maximum Gasteiger partial charge on any atom is 0.199 e. The van der Waals surface area contributed by atoms with Gasteiger partial charge in [0.05, 0.1) is 5.02 Å². The van der Waals surface area contributed by atoms with E-state index in [0.29, 0.717) is 22.2 Å². The molecule has 0 N–H and O–H groups in total. The highest BCUT2D eigenvalue weighted by atomic mass is 35.5. The van der Waals surface area contributed by atoms with Gasteiger partial charge in [0.1, 0.15) is 17.5 Å². The number of allylic oxidation sites excluding steroid dienone is 1. The summed E-state index contributed by atoms with van der Waals surface area (Å²) in [5.74, 6) is 2.33. The molecule has 0 spiro atoms. The van der Waals surface area contributed by atoms with Crippen LogP contribution in [-0.2, 0) is 6.54 Å². The van der Waals surface area contributed by atoms with Crippen LogP contribution < -0.4 is 4.74 Å². The summed E-state index contributed by atoms with van der Waals surface area (Å²) in [6, 6.07) is 23.4. The number of fused-ring (bicyclic) bond motifs is 2. The zero-order valence-electron chi connectivity index (χ0n) is 16.0. The minimum atomic E-state index is -0.203. The minimum Gasteiger partial charge on any atom is -0.457 e. The molecule has 0 atom stereocenters. The Kier molecular flexibility index (Phi) is 4.77. The van der Waals surface area contributed by atoms with Gasteiger partial charge in [0, 0.05) is 23.2 Å². The van der Waals surface area contributed by atoms with E-state index in [0.717, 1.165) is 28.2 Å². The van der Waals surface area contributed by atoms with Gasteiger partial charge in [0.25, 0.3) is 0 Å². The third kappa shape index (κ3) is 2.98. The van der Waals surface area contributed by atoms with E-state index in [2.05, 4.69) is 18.7 Å². The lowest BCUT2D eigenvalue weighted by Gasteiger charge is -2.28. The zero-order chi connectivity index (χ0) is 20.7. The molecule has 0 saturated carbocycles. The number of nitrogens with zero attached hydrogens (tertiary/aromatic N) is 3. The van der Waals surface area contributed by atoms with Gasteiger partial charge >= 0.3 is 0 Å². The van der Waals surface area contributed by atoms with Crippen molar-refractivity contribution in [3.63, 3.8) is 0 Å². The van der Waals surface area contributed by atoms with Gasteiger partial charge in [-0.2, -0.15) is 5.10 Å². The van der Waals surface area contributed by atoms with E-state index in [4.69, 9.17) is 33.7 Å². The van der Waals surface area contributed by atoms with Gasteiger partial charge in [-0.1, -0.05) is 66.2 Å². The Morgan fingerprint density at radius 1 is 0.967 bits per heavy atom. The molecule has 0 unspecified atom stereocenters. The number of rotatable bonds is 4. The Labute approximate surface area is 184 Å². The van der Waals surface area contributed by atoms with E-state index in [9.17, 15) is 0 Å². The summed E-state index contributed by atoms with van der Waals surface area (Å²) in [6.45, 7) is 4.42. The summed E-state index contributed by atoms with van der Waals surface area (Å²) < 4.78 is 10.6. The van der Waals surface area contributed by atoms with Gasteiger partial charge in [-0.05, 0) is 36.5 Å². The number of ether oxygens (including phenoxy) is 1. The van der Waals surface area contributed by atoms with Crippen molar-refractivity contribution in [1.82, 2.24) is 14.3 Å². The molecular weight excluding hydrogens is 414 g/mol. The molecule has 4 aromatic rings.